The van der Waals surface area contributed by atoms with Crippen LogP contribution in [0, 0.1) is 5.92 Å². The minimum atomic E-state index is 0.0607. The van der Waals surface area contributed by atoms with Crippen molar-refractivity contribution in [3.05, 3.63) is 21.6 Å². The van der Waals surface area contributed by atoms with Crippen LogP contribution in [0.3, 0.4) is 0 Å². The topological polar surface area (TPSA) is 55.6 Å². The van der Waals surface area contributed by atoms with Crippen LogP contribution in [0.5, 0.6) is 5.75 Å². The Labute approximate surface area is 126 Å². The molecular formula is C13H16BrClN2O2. The summed E-state index contributed by atoms with van der Waals surface area (Å²) in [6, 6.07) is 3.52. The molecule has 0 saturated carbocycles. The molecule has 2 rings (SSSR count). The normalized spacial score (nSPS) is 19.1. The zero-order valence-corrected chi connectivity index (χ0v) is 13.0. The van der Waals surface area contributed by atoms with Crippen LogP contribution in [0.1, 0.15) is 13.3 Å². The molecule has 1 saturated heterocycles. The first-order valence-corrected chi connectivity index (χ1v) is 7.36. The Bertz CT molecular complexity index is 496. The van der Waals surface area contributed by atoms with Crippen molar-refractivity contribution < 1.29 is 9.53 Å². The van der Waals surface area contributed by atoms with E-state index in [-0.39, 0.29) is 11.8 Å². The van der Waals surface area contributed by atoms with Crippen LogP contribution in [0.4, 0.5) is 5.69 Å². The third-order valence-corrected chi connectivity index (χ3v) is 3.91. The lowest BCUT2D eigenvalue weighted by molar-refractivity contribution is -0.117. The maximum atomic E-state index is 12.1. The summed E-state index contributed by atoms with van der Waals surface area (Å²) in [4.78, 5) is 13.8. The zero-order valence-electron chi connectivity index (χ0n) is 10.7. The molecule has 0 bridgehead atoms. The summed E-state index contributed by atoms with van der Waals surface area (Å²) in [6.07, 6.45) is 0.478. The molecule has 1 aliphatic rings. The number of benzene rings is 1. The first-order chi connectivity index (χ1) is 9.06. The highest BCUT2D eigenvalue weighted by atomic mass is 79.9. The predicted octanol–water partition coefficient (Wildman–Crippen LogP) is 2.81. The lowest BCUT2D eigenvalue weighted by atomic mass is 10.1. The molecule has 104 valence electrons. The molecule has 0 aromatic heterocycles. The largest absolute Gasteiger partial charge is 0.490 e. The molecule has 19 heavy (non-hydrogen) atoms. The second-order valence-electron chi connectivity index (χ2n) is 4.48. The van der Waals surface area contributed by atoms with Gasteiger partial charge in [-0.05, 0) is 47.4 Å². The van der Waals surface area contributed by atoms with Gasteiger partial charge in [-0.2, -0.15) is 0 Å². The van der Waals surface area contributed by atoms with Gasteiger partial charge in [0.05, 0.1) is 16.8 Å². The van der Waals surface area contributed by atoms with Gasteiger partial charge in [-0.3, -0.25) is 4.79 Å². The van der Waals surface area contributed by atoms with E-state index in [9.17, 15) is 4.79 Å². The summed E-state index contributed by atoms with van der Waals surface area (Å²) in [6.45, 7) is 3.55. The number of ether oxygens (including phenoxy) is 1. The maximum Gasteiger partial charge on any atom is 0.227 e. The van der Waals surface area contributed by atoms with E-state index in [2.05, 4.69) is 15.9 Å². The molecule has 1 atom stereocenters. The fourth-order valence-corrected chi connectivity index (χ4v) is 3.12. The van der Waals surface area contributed by atoms with Gasteiger partial charge < -0.3 is 15.4 Å². The van der Waals surface area contributed by atoms with Crippen LogP contribution in [0.15, 0.2) is 16.6 Å². The van der Waals surface area contributed by atoms with Gasteiger partial charge in [-0.25, -0.2) is 0 Å². The number of nitrogens with zero attached hydrogens (tertiary/aromatic N) is 1. The minimum absolute atomic E-state index is 0.0607. The van der Waals surface area contributed by atoms with Crippen molar-refractivity contribution >= 4 is 39.1 Å². The molecule has 1 amide bonds. The number of anilines is 1. The Morgan fingerprint density at radius 3 is 2.89 bits per heavy atom. The fourth-order valence-electron chi connectivity index (χ4n) is 2.21. The highest BCUT2D eigenvalue weighted by Gasteiger charge is 2.32. The molecule has 0 spiro atoms. The van der Waals surface area contributed by atoms with Gasteiger partial charge >= 0.3 is 0 Å². The lowest BCUT2D eigenvalue weighted by Gasteiger charge is -2.21. The first-order valence-electron chi connectivity index (χ1n) is 6.19. The molecule has 1 aliphatic heterocycles. The van der Waals surface area contributed by atoms with E-state index < -0.39 is 0 Å². The van der Waals surface area contributed by atoms with Gasteiger partial charge in [-0.15, -0.1) is 0 Å². The highest BCUT2D eigenvalue weighted by molar-refractivity contribution is 9.10. The van der Waals surface area contributed by atoms with E-state index in [0.29, 0.717) is 42.6 Å². The predicted molar refractivity (Wildman–Crippen MR) is 79.8 cm³/mol. The first kappa shape index (κ1) is 14.6. The number of amides is 1. The summed E-state index contributed by atoms with van der Waals surface area (Å²) in [7, 11) is 0. The average Bonchev–Trinajstić information content (AvgIpc) is 2.74. The van der Waals surface area contributed by atoms with E-state index >= 15 is 0 Å². The standard InChI is InChI=1S/C13H16BrClN2O2/c1-2-19-13-10(14)4-9(15)5-11(13)17-7-8(6-16)3-12(17)18/h4-5,8H,2-3,6-7,16H2,1H3. The van der Waals surface area contributed by atoms with Crippen LogP contribution in [0.25, 0.3) is 0 Å². The zero-order chi connectivity index (χ0) is 14.0. The molecule has 1 heterocycles. The van der Waals surface area contributed by atoms with Crippen LogP contribution >= 0.6 is 27.5 Å². The van der Waals surface area contributed by atoms with Crippen molar-refractivity contribution in [3.63, 3.8) is 0 Å². The molecule has 0 aliphatic carbocycles. The van der Waals surface area contributed by atoms with Crippen LogP contribution in [-0.2, 0) is 4.79 Å². The minimum Gasteiger partial charge on any atom is -0.490 e. The van der Waals surface area contributed by atoms with Crippen LogP contribution in [-0.4, -0.2) is 25.6 Å². The summed E-state index contributed by atoms with van der Waals surface area (Å²) in [5.41, 5.74) is 6.36. The number of carbonyl (C=O) groups excluding carboxylic acids is 1. The Kier molecular flexibility index (Phi) is 4.71. The van der Waals surface area contributed by atoms with E-state index in [1.807, 2.05) is 6.92 Å². The monoisotopic (exact) mass is 346 g/mol. The Balaban J connectivity index is 2.40. The molecule has 0 radical (unpaired) electrons. The average molecular weight is 348 g/mol. The summed E-state index contributed by atoms with van der Waals surface area (Å²) in [5.74, 6) is 0.906. The van der Waals surface area contributed by atoms with Gasteiger partial charge in [-0.1, -0.05) is 11.6 Å². The molecule has 1 fully saturated rings. The van der Waals surface area contributed by atoms with E-state index in [1.165, 1.54) is 0 Å². The van der Waals surface area contributed by atoms with Crippen LogP contribution in [0.2, 0.25) is 5.02 Å². The molecule has 2 N–H and O–H groups in total. The third kappa shape index (κ3) is 3.04. The fraction of sp³-hybridized carbons (Fsp3) is 0.462. The van der Waals surface area contributed by atoms with E-state index in [1.54, 1.807) is 17.0 Å². The van der Waals surface area contributed by atoms with E-state index in [4.69, 9.17) is 22.1 Å². The Morgan fingerprint density at radius 2 is 2.32 bits per heavy atom. The maximum absolute atomic E-state index is 12.1. The quantitative estimate of drug-likeness (QED) is 0.911. The summed E-state index contributed by atoms with van der Waals surface area (Å²) in [5, 5.41) is 0.564. The van der Waals surface area contributed by atoms with Gasteiger partial charge in [0.2, 0.25) is 5.91 Å². The van der Waals surface area contributed by atoms with Crippen molar-refractivity contribution in [1.29, 1.82) is 0 Å². The van der Waals surface area contributed by atoms with E-state index in [0.717, 1.165) is 4.47 Å². The molecule has 4 nitrogen and oxygen atoms in total. The van der Waals surface area contributed by atoms with Gasteiger partial charge in [0.25, 0.3) is 0 Å². The Morgan fingerprint density at radius 1 is 1.58 bits per heavy atom. The summed E-state index contributed by atoms with van der Waals surface area (Å²) < 4.78 is 6.37. The lowest BCUT2D eigenvalue weighted by Crippen LogP contribution is -2.26. The number of nitrogens with two attached hydrogens (primary N) is 1. The molecule has 1 aromatic carbocycles. The number of carbonyl (C=O) groups is 1. The number of hydrogen-bond acceptors (Lipinski definition) is 3. The molecule has 1 aromatic rings. The van der Waals surface area contributed by atoms with Crippen molar-refractivity contribution in [1.82, 2.24) is 0 Å². The number of rotatable bonds is 4. The van der Waals surface area contributed by atoms with Crippen molar-refractivity contribution in [2.24, 2.45) is 11.7 Å². The van der Waals surface area contributed by atoms with Gasteiger partial charge in [0.1, 0.15) is 0 Å². The molecule has 1 unspecified atom stereocenters. The smallest absolute Gasteiger partial charge is 0.227 e. The van der Waals surface area contributed by atoms with Crippen molar-refractivity contribution in [2.75, 3.05) is 24.6 Å². The van der Waals surface area contributed by atoms with Gasteiger partial charge in [0.15, 0.2) is 5.75 Å². The van der Waals surface area contributed by atoms with Gasteiger partial charge in [0, 0.05) is 18.0 Å². The number of hydrogen-bond donors (Lipinski definition) is 1. The SMILES string of the molecule is CCOc1c(Br)cc(Cl)cc1N1CC(CN)CC1=O. The Hall–Kier alpha value is -0.780. The third-order valence-electron chi connectivity index (χ3n) is 3.11. The highest BCUT2D eigenvalue weighted by Crippen LogP contribution is 2.40. The van der Waals surface area contributed by atoms with Crippen molar-refractivity contribution in [3.8, 4) is 5.75 Å². The molecule has 6 heteroatoms. The summed E-state index contributed by atoms with van der Waals surface area (Å²) >= 11 is 9.50. The second-order valence-corrected chi connectivity index (χ2v) is 5.77. The molecular weight excluding hydrogens is 332 g/mol. The second kappa shape index (κ2) is 6.11. The number of halogens is 2. The van der Waals surface area contributed by atoms with Crippen molar-refractivity contribution in [2.45, 2.75) is 13.3 Å². The van der Waals surface area contributed by atoms with Crippen LogP contribution < -0.4 is 15.4 Å².